The van der Waals surface area contributed by atoms with Gasteiger partial charge < -0.3 is 15.2 Å². The van der Waals surface area contributed by atoms with Crippen LogP contribution in [0.5, 0.6) is 0 Å². The van der Waals surface area contributed by atoms with Gasteiger partial charge in [0, 0.05) is 12.5 Å². The predicted molar refractivity (Wildman–Crippen MR) is 131 cm³/mol. The van der Waals surface area contributed by atoms with Gasteiger partial charge in [-0.2, -0.15) is 5.10 Å². The van der Waals surface area contributed by atoms with E-state index in [1.54, 1.807) is 12.1 Å². The van der Waals surface area contributed by atoms with Crippen molar-refractivity contribution in [1.82, 2.24) is 25.6 Å². The smallest absolute Gasteiger partial charge is 0.232 e. The summed E-state index contributed by atoms with van der Waals surface area (Å²) in [7, 11) is 0. The van der Waals surface area contributed by atoms with Crippen molar-refractivity contribution < 1.29 is 14.1 Å². The lowest BCUT2D eigenvalue weighted by atomic mass is 10.1. The molecular formula is C24H25N7O3S. The number of amides is 2. The summed E-state index contributed by atoms with van der Waals surface area (Å²) in [5.74, 6) is 0.108. The zero-order valence-corrected chi connectivity index (χ0v) is 20.0. The fourth-order valence-electron chi connectivity index (χ4n) is 3.40. The maximum atomic E-state index is 12.2. The van der Waals surface area contributed by atoms with Gasteiger partial charge in [-0.1, -0.05) is 46.3 Å². The number of nitrogens with zero attached hydrogens (tertiary/aromatic N) is 5. The number of aromatic nitrogens is 5. The number of carbonyl (C=O) groups is 2. The van der Waals surface area contributed by atoms with Crippen molar-refractivity contribution in [2.75, 3.05) is 10.6 Å². The van der Waals surface area contributed by atoms with Gasteiger partial charge in [0.2, 0.25) is 16.9 Å². The van der Waals surface area contributed by atoms with Crippen molar-refractivity contribution in [1.29, 1.82) is 0 Å². The Morgan fingerprint density at radius 3 is 2.51 bits per heavy atom. The van der Waals surface area contributed by atoms with Gasteiger partial charge >= 0.3 is 0 Å². The molecule has 3 heterocycles. The van der Waals surface area contributed by atoms with Crippen molar-refractivity contribution in [3.8, 4) is 0 Å². The molecule has 180 valence electrons. The molecule has 10 nitrogen and oxygen atoms in total. The van der Waals surface area contributed by atoms with Gasteiger partial charge in [0.05, 0.1) is 24.2 Å². The van der Waals surface area contributed by atoms with E-state index >= 15 is 0 Å². The Hall–Kier alpha value is -3.99. The Kier molecular flexibility index (Phi) is 8.23. The van der Waals surface area contributed by atoms with E-state index in [-0.39, 0.29) is 18.2 Å². The van der Waals surface area contributed by atoms with Crippen LogP contribution in [0.25, 0.3) is 0 Å². The first-order valence-corrected chi connectivity index (χ1v) is 12.0. The van der Waals surface area contributed by atoms with E-state index in [2.05, 4.69) is 36.2 Å². The van der Waals surface area contributed by atoms with Gasteiger partial charge in [0.15, 0.2) is 5.82 Å². The monoisotopic (exact) mass is 491 g/mol. The third kappa shape index (κ3) is 7.78. The van der Waals surface area contributed by atoms with Gasteiger partial charge in [-0.25, -0.2) is 0 Å². The summed E-state index contributed by atoms with van der Waals surface area (Å²) in [6, 6.07) is 13.2. The number of hydrogen-bond acceptors (Lipinski definition) is 9. The van der Waals surface area contributed by atoms with Crippen molar-refractivity contribution in [2.24, 2.45) is 0 Å². The normalized spacial score (nSPS) is 10.8. The van der Waals surface area contributed by atoms with Crippen LogP contribution in [0.2, 0.25) is 0 Å². The number of rotatable bonds is 11. The molecule has 0 fully saturated rings. The van der Waals surface area contributed by atoms with E-state index in [1.807, 2.05) is 37.3 Å². The summed E-state index contributed by atoms with van der Waals surface area (Å²) in [5.41, 5.74) is 3.51. The van der Waals surface area contributed by atoms with Gasteiger partial charge in [0.1, 0.15) is 11.3 Å². The summed E-state index contributed by atoms with van der Waals surface area (Å²) in [4.78, 5) is 24.2. The lowest BCUT2D eigenvalue weighted by Gasteiger charge is -2.05. The fourth-order valence-corrected chi connectivity index (χ4v) is 4.20. The van der Waals surface area contributed by atoms with Crippen LogP contribution in [0.1, 0.15) is 40.4 Å². The maximum absolute atomic E-state index is 12.2. The first kappa shape index (κ1) is 24.1. The zero-order chi connectivity index (χ0) is 24.5. The van der Waals surface area contributed by atoms with Gasteiger partial charge in [-0.05, 0) is 43.9 Å². The van der Waals surface area contributed by atoms with Crippen LogP contribution < -0.4 is 10.6 Å². The Morgan fingerprint density at radius 1 is 0.886 bits per heavy atom. The lowest BCUT2D eigenvalue weighted by Crippen LogP contribution is -2.16. The standard InChI is InChI=1S/C24H25N7O3S/c1-16-5-4-6-17(13-16)14-21(32)25-20-10-9-18(27-28-20)7-2-3-8-23-29-30-24(35-23)26-22(33)15-19-11-12-34-31-19/h4-6,9-13H,2-3,7-8,14-15H2,1H3,(H,25,28,32)(H,26,30,33). The van der Waals surface area contributed by atoms with Gasteiger partial charge in [-0.15, -0.1) is 15.3 Å². The number of carbonyl (C=O) groups excluding carboxylic acids is 2. The van der Waals surface area contributed by atoms with Gasteiger partial charge in [0.25, 0.3) is 0 Å². The molecule has 3 aromatic heterocycles. The Balaban J connectivity index is 1.15. The molecule has 2 N–H and O–H groups in total. The quantitative estimate of drug-likeness (QED) is 0.304. The maximum Gasteiger partial charge on any atom is 0.232 e. The minimum absolute atomic E-state index is 0.122. The van der Waals surface area contributed by atoms with Gasteiger partial charge in [-0.3, -0.25) is 9.59 Å². The highest BCUT2D eigenvalue weighted by Crippen LogP contribution is 2.18. The molecule has 0 spiro atoms. The fraction of sp³-hybridized carbons (Fsp3) is 0.292. The number of nitrogens with one attached hydrogen (secondary N) is 2. The summed E-state index contributed by atoms with van der Waals surface area (Å²) in [6.07, 6.45) is 5.18. The molecule has 35 heavy (non-hydrogen) atoms. The first-order chi connectivity index (χ1) is 17.0. The van der Waals surface area contributed by atoms with Crippen LogP contribution in [-0.2, 0) is 35.3 Å². The van der Waals surface area contributed by atoms with Crippen LogP contribution >= 0.6 is 11.3 Å². The molecular weight excluding hydrogens is 466 g/mol. The summed E-state index contributed by atoms with van der Waals surface area (Å²) in [5, 5.41) is 27.1. The van der Waals surface area contributed by atoms with Crippen LogP contribution in [-0.4, -0.2) is 37.4 Å². The molecule has 0 radical (unpaired) electrons. The number of aryl methyl sites for hydroxylation is 3. The molecule has 0 saturated carbocycles. The van der Waals surface area contributed by atoms with Crippen molar-refractivity contribution in [2.45, 2.75) is 45.4 Å². The van der Waals surface area contributed by atoms with Crippen molar-refractivity contribution in [3.63, 3.8) is 0 Å². The molecule has 0 saturated heterocycles. The molecule has 4 aromatic rings. The molecule has 0 bridgehead atoms. The molecule has 1 aromatic carbocycles. The summed E-state index contributed by atoms with van der Waals surface area (Å²) in [6.45, 7) is 2.00. The van der Waals surface area contributed by atoms with E-state index < -0.39 is 0 Å². The van der Waals surface area contributed by atoms with E-state index in [0.29, 0.717) is 23.1 Å². The number of benzene rings is 1. The van der Waals surface area contributed by atoms with E-state index in [9.17, 15) is 9.59 Å². The molecule has 4 rings (SSSR count). The topological polar surface area (TPSA) is 136 Å². The number of unbranched alkanes of at least 4 members (excludes halogenated alkanes) is 1. The second-order valence-electron chi connectivity index (χ2n) is 8.05. The first-order valence-electron chi connectivity index (χ1n) is 11.2. The van der Waals surface area contributed by atoms with Crippen LogP contribution in [0.4, 0.5) is 10.9 Å². The average Bonchev–Trinajstić information content (AvgIpc) is 3.50. The number of hydrogen-bond donors (Lipinski definition) is 2. The van der Waals surface area contributed by atoms with Crippen LogP contribution in [0.15, 0.2) is 53.3 Å². The molecule has 0 aliphatic rings. The summed E-state index contributed by atoms with van der Waals surface area (Å²) >= 11 is 1.36. The van der Waals surface area contributed by atoms with Crippen molar-refractivity contribution in [3.05, 3.63) is 76.3 Å². The molecule has 0 aliphatic carbocycles. The largest absolute Gasteiger partial charge is 0.364 e. The number of anilines is 2. The molecule has 11 heteroatoms. The van der Waals surface area contributed by atoms with E-state index in [4.69, 9.17) is 4.52 Å². The minimum atomic E-state index is -0.213. The van der Waals surface area contributed by atoms with E-state index in [0.717, 1.165) is 47.5 Å². The highest BCUT2D eigenvalue weighted by molar-refractivity contribution is 7.15. The average molecular weight is 492 g/mol. The molecule has 2 amide bonds. The van der Waals surface area contributed by atoms with Crippen LogP contribution in [0, 0.1) is 6.92 Å². The second-order valence-corrected chi connectivity index (χ2v) is 9.11. The molecule has 0 atom stereocenters. The van der Waals surface area contributed by atoms with Crippen molar-refractivity contribution >= 4 is 34.1 Å². The third-order valence-electron chi connectivity index (χ3n) is 5.05. The Labute approximate surface area is 206 Å². The SMILES string of the molecule is Cc1cccc(CC(=O)Nc2ccc(CCCCc3nnc(NC(=O)Cc4ccon4)s3)nn2)c1. The summed E-state index contributed by atoms with van der Waals surface area (Å²) < 4.78 is 4.72. The highest BCUT2D eigenvalue weighted by atomic mass is 32.1. The van der Waals surface area contributed by atoms with E-state index in [1.165, 1.54) is 17.6 Å². The Bertz CT molecular complexity index is 1260. The predicted octanol–water partition coefficient (Wildman–Crippen LogP) is 3.55. The Morgan fingerprint density at radius 2 is 1.74 bits per heavy atom. The van der Waals surface area contributed by atoms with Crippen LogP contribution in [0.3, 0.4) is 0 Å². The zero-order valence-electron chi connectivity index (χ0n) is 19.2. The molecule has 0 aliphatic heterocycles. The minimum Gasteiger partial charge on any atom is -0.364 e. The molecule has 0 unspecified atom stereocenters. The lowest BCUT2D eigenvalue weighted by molar-refractivity contribution is -0.116. The third-order valence-corrected chi connectivity index (χ3v) is 5.95. The highest BCUT2D eigenvalue weighted by Gasteiger charge is 2.11. The second kappa shape index (κ2) is 11.9.